The summed E-state index contributed by atoms with van der Waals surface area (Å²) in [4.78, 5) is 7.20. The number of para-hydroxylation sites is 1. The van der Waals surface area contributed by atoms with Crippen molar-refractivity contribution < 1.29 is 9.47 Å². The zero-order valence-corrected chi connectivity index (χ0v) is 16.3. The van der Waals surface area contributed by atoms with Crippen molar-refractivity contribution >= 4 is 5.96 Å². The number of guanidine groups is 1. The first-order valence-corrected chi connectivity index (χ1v) is 9.22. The summed E-state index contributed by atoms with van der Waals surface area (Å²) in [6.45, 7) is 12.6. The third kappa shape index (κ3) is 6.24. The van der Waals surface area contributed by atoms with Gasteiger partial charge in [-0.1, -0.05) is 18.2 Å². The summed E-state index contributed by atoms with van der Waals surface area (Å²) in [7, 11) is 1.77. The monoisotopic (exact) mass is 347 g/mol. The lowest BCUT2D eigenvalue weighted by Gasteiger charge is -2.24. The fourth-order valence-electron chi connectivity index (χ4n) is 3.05. The molecule has 140 valence electrons. The van der Waals surface area contributed by atoms with Crippen LogP contribution in [0.25, 0.3) is 0 Å². The number of hydrogen-bond donors (Lipinski definition) is 1. The molecule has 5 heteroatoms. The van der Waals surface area contributed by atoms with Gasteiger partial charge in [-0.25, -0.2) is 4.99 Å². The van der Waals surface area contributed by atoms with Gasteiger partial charge in [0.1, 0.15) is 11.4 Å². The summed E-state index contributed by atoms with van der Waals surface area (Å²) in [5.74, 6) is 2.48. The van der Waals surface area contributed by atoms with Crippen molar-refractivity contribution in [3.8, 4) is 5.75 Å². The summed E-state index contributed by atoms with van der Waals surface area (Å²) in [6, 6.07) is 8.16. The van der Waals surface area contributed by atoms with Crippen LogP contribution < -0.4 is 10.1 Å². The van der Waals surface area contributed by atoms with E-state index in [1.807, 2.05) is 18.2 Å². The second kappa shape index (κ2) is 9.09. The third-order valence-electron chi connectivity index (χ3n) is 4.11. The van der Waals surface area contributed by atoms with Crippen LogP contribution >= 0.6 is 0 Å². The molecule has 25 heavy (non-hydrogen) atoms. The molecule has 0 aromatic heterocycles. The SMILES string of the molecule is CCNC(=NCc1ccccc1OC(C)(C)C)N1CCC(COC)C1. The summed E-state index contributed by atoms with van der Waals surface area (Å²) in [5.41, 5.74) is 0.896. The average molecular weight is 348 g/mol. The van der Waals surface area contributed by atoms with Gasteiger partial charge in [0.15, 0.2) is 5.96 Å². The van der Waals surface area contributed by atoms with Crippen LogP contribution in [-0.2, 0) is 11.3 Å². The van der Waals surface area contributed by atoms with E-state index < -0.39 is 0 Å². The third-order valence-corrected chi connectivity index (χ3v) is 4.11. The maximum atomic E-state index is 6.08. The van der Waals surface area contributed by atoms with Gasteiger partial charge in [0.05, 0.1) is 13.2 Å². The molecule has 1 fully saturated rings. The number of nitrogens with one attached hydrogen (secondary N) is 1. The van der Waals surface area contributed by atoms with Crippen molar-refractivity contribution in [2.24, 2.45) is 10.9 Å². The Hall–Kier alpha value is -1.75. The van der Waals surface area contributed by atoms with Crippen LogP contribution in [0.4, 0.5) is 0 Å². The first-order valence-electron chi connectivity index (χ1n) is 9.22. The number of likely N-dealkylation sites (tertiary alicyclic amines) is 1. The molecule has 1 aromatic carbocycles. The molecular weight excluding hydrogens is 314 g/mol. The van der Waals surface area contributed by atoms with Gasteiger partial charge < -0.3 is 19.7 Å². The van der Waals surface area contributed by atoms with Crippen molar-refractivity contribution in [2.45, 2.75) is 46.3 Å². The Morgan fingerprint density at radius 3 is 2.76 bits per heavy atom. The molecule has 1 N–H and O–H groups in total. The van der Waals surface area contributed by atoms with E-state index in [0.29, 0.717) is 12.5 Å². The standard InChI is InChI=1S/C20H33N3O2/c1-6-21-19(23-12-11-16(14-23)15-24-5)22-13-17-9-7-8-10-18(17)25-20(2,3)4/h7-10,16H,6,11-15H2,1-5H3,(H,21,22). The van der Waals surface area contributed by atoms with E-state index >= 15 is 0 Å². The maximum absolute atomic E-state index is 6.08. The molecule has 0 saturated carbocycles. The first kappa shape index (κ1) is 19.6. The summed E-state index contributed by atoms with van der Waals surface area (Å²) in [5, 5.41) is 3.42. The fraction of sp³-hybridized carbons (Fsp3) is 0.650. The van der Waals surface area contributed by atoms with Crippen molar-refractivity contribution in [1.29, 1.82) is 0 Å². The topological polar surface area (TPSA) is 46.1 Å². The molecule has 1 atom stereocenters. The van der Waals surface area contributed by atoms with Crippen molar-refractivity contribution in [2.75, 3.05) is 33.4 Å². The van der Waals surface area contributed by atoms with Crippen molar-refractivity contribution in [1.82, 2.24) is 10.2 Å². The number of ether oxygens (including phenoxy) is 2. The largest absolute Gasteiger partial charge is 0.488 e. The van der Waals surface area contributed by atoms with Crippen LogP contribution in [0.3, 0.4) is 0 Å². The highest BCUT2D eigenvalue weighted by Crippen LogP contribution is 2.24. The Balaban J connectivity index is 2.09. The number of aliphatic imine (C=N–C) groups is 1. The van der Waals surface area contributed by atoms with Gasteiger partial charge in [0.2, 0.25) is 0 Å². The highest BCUT2D eigenvalue weighted by molar-refractivity contribution is 5.80. The normalized spacial score (nSPS) is 18.5. The van der Waals surface area contributed by atoms with E-state index in [1.54, 1.807) is 7.11 Å². The molecule has 1 aromatic rings. The molecule has 1 aliphatic heterocycles. The van der Waals surface area contributed by atoms with Crippen LogP contribution in [0.2, 0.25) is 0 Å². The Bertz CT molecular complexity index is 566. The lowest BCUT2D eigenvalue weighted by atomic mass is 10.1. The minimum Gasteiger partial charge on any atom is -0.488 e. The lowest BCUT2D eigenvalue weighted by molar-refractivity contribution is 0.129. The molecule has 1 saturated heterocycles. The van der Waals surface area contributed by atoms with Crippen molar-refractivity contribution in [3.05, 3.63) is 29.8 Å². The number of nitrogens with zero attached hydrogens (tertiary/aromatic N) is 2. The summed E-state index contributed by atoms with van der Waals surface area (Å²) >= 11 is 0. The predicted octanol–water partition coefficient (Wildman–Crippen LogP) is 3.30. The number of rotatable bonds is 6. The second-order valence-corrected chi connectivity index (χ2v) is 7.55. The summed E-state index contributed by atoms with van der Waals surface area (Å²) in [6.07, 6.45) is 1.15. The van der Waals surface area contributed by atoms with Crippen LogP contribution in [0.15, 0.2) is 29.3 Å². The minimum atomic E-state index is -0.216. The molecule has 0 aliphatic carbocycles. The van der Waals surface area contributed by atoms with Crippen LogP contribution in [0.1, 0.15) is 39.7 Å². The molecular formula is C20H33N3O2. The first-order chi connectivity index (χ1) is 11.9. The zero-order chi connectivity index (χ0) is 18.3. The average Bonchev–Trinajstić information content (AvgIpc) is 3.00. The zero-order valence-electron chi connectivity index (χ0n) is 16.3. The van der Waals surface area contributed by atoms with E-state index in [4.69, 9.17) is 14.5 Å². The highest BCUT2D eigenvalue weighted by atomic mass is 16.5. The van der Waals surface area contributed by atoms with Gasteiger partial charge in [-0.2, -0.15) is 0 Å². The van der Waals surface area contributed by atoms with E-state index in [1.165, 1.54) is 0 Å². The van der Waals surface area contributed by atoms with Crippen LogP contribution in [0, 0.1) is 5.92 Å². The molecule has 1 aliphatic rings. The molecule has 2 rings (SSSR count). The molecule has 0 spiro atoms. The minimum absolute atomic E-state index is 0.216. The quantitative estimate of drug-likeness (QED) is 0.633. The van der Waals surface area contributed by atoms with Crippen LogP contribution in [0.5, 0.6) is 5.75 Å². The van der Waals surface area contributed by atoms with Gasteiger partial charge in [0.25, 0.3) is 0 Å². The van der Waals surface area contributed by atoms with E-state index in [-0.39, 0.29) is 5.60 Å². The molecule has 1 heterocycles. The lowest BCUT2D eigenvalue weighted by Crippen LogP contribution is -2.40. The molecule has 5 nitrogen and oxygen atoms in total. The van der Waals surface area contributed by atoms with Crippen molar-refractivity contribution in [3.63, 3.8) is 0 Å². The predicted molar refractivity (Wildman–Crippen MR) is 103 cm³/mol. The summed E-state index contributed by atoms with van der Waals surface area (Å²) < 4.78 is 11.4. The highest BCUT2D eigenvalue weighted by Gasteiger charge is 2.24. The smallest absolute Gasteiger partial charge is 0.194 e. The van der Waals surface area contributed by atoms with E-state index in [9.17, 15) is 0 Å². The molecule has 0 amide bonds. The Labute approximate surface area is 152 Å². The number of hydrogen-bond acceptors (Lipinski definition) is 3. The molecule has 1 unspecified atom stereocenters. The molecule has 0 bridgehead atoms. The number of benzene rings is 1. The second-order valence-electron chi connectivity index (χ2n) is 7.55. The van der Waals surface area contributed by atoms with Crippen LogP contribution in [-0.4, -0.2) is 49.8 Å². The van der Waals surface area contributed by atoms with Gasteiger partial charge in [-0.15, -0.1) is 0 Å². The Kier molecular flexibility index (Phi) is 7.12. The molecule has 0 radical (unpaired) electrons. The van der Waals surface area contributed by atoms with Gasteiger partial charge >= 0.3 is 0 Å². The Morgan fingerprint density at radius 2 is 2.08 bits per heavy atom. The maximum Gasteiger partial charge on any atom is 0.194 e. The Morgan fingerprint density at radius 1 is 1.32 bits per heavy atom. The fourth-order valence-corrected chi connectivity index (χ4v) is 3.05. The van der Waals surface area contributed by atoms with E-state index in [0.717, 1.165) is 49.9 Å². The van der Waals surface area contributed by atoms with Gasteiger partial charge in [0, 0.05) is 38.2 Å². The number of methoxy groups -OCH3 is 1. The van der Waals surface area contributed by atoms with E-state index in [2.05, 4.69) is 44.0 Å². The van der Waals surface area contributed by atoms with Gasteiger partial charge in [-0.05, 0) is 40.2 Å². The van der Waals surface area contributed by atoms with Gasteiger partial charge in [-0.3, -0.25) is 0 Å².